The van der Waals surface area contributed by atoms with Crippen LogP contribution in [0.2, 0.25) is 0 Å². The van der Waals surface area contributed by atoms with Crippen molar-refractivity contribution < 1.29 is 4.79 Å². The molecule has 0 amide bonds. The van der Waals surface area contributed by atoms with E-state index in [1.165, 1.54) is 0 Å². The number of carbonyl (C=O) groups excluding carboxylic acids is 1. The van der Waals surface area contributed by atoms with Crippen LogP contribution in [0.15, 0.2) is 30.3 Å². The Hall–Kier alpha value is -1.15. The molecule has 0 bridgehead atoms. The summed E-state index contributed by atoms with van der Waals surface area (Å²) in [5.74, 6) is 0.323. The summed E-state index contributed by atoms with van der Waals surface area (Å²) in [5, 5.41) is 0. The number of Topliss-reactive ketones (excluding diaryl/α,β-unsaturated/α-hetero) is 1. The summed E-state index contributed by atoms with van der Waals surface area (Å²) >= 11 is 0. The van der Waals surface area contributed by atoms with Crippen LogP contribution in [-0.4, -0.2) is 30.3 Å². The summed E-state index contributed by atoms with van der Waals surface area (Å²) in [4.78, 5) is 14.5. The smallest absolute Gasteiger partial charge is 0.166 e. The highest BCUT2D eigenvalue weighted by Gasteiger charge is 2.17. The van der Waals surface area contributed by atoms with Crippen molar-refractivity contribution in [3.63, 3.8) is 0 Å². The zero-order chi connectivity index (χ0) is 12.7. The molecule has 17 heavy (non-hydrogen) atoms. The van der Waals surface area contributed by atoms with E-state index in [0.717, 1.165) is 31.6 Å². The lowest BCUT2D eigenvalue weighted by atomic mass is 9.99. The van der Waals surface area contributed by atoms with Crippen LogP contribution in [0.25, 0.3) is 0 Å². The van der Waals surface area contributed by atoms with Gasteiger partial charge in [0.2, 0.25) is 0 Å². The Balaban J connectivity index is 2.58. The third kappa shape index (κ3) is 4.31. The first-order valence-corrected chi connectivity index (χ1v) is 6.50. The summed E-state index contributed by atoms with van der Waals surface area (Å²) in [7, 11) is 0. The number of carbonyl (C=O) groups is 1. The Morgan fingerprint density at radius 2 is 1.88 bits per heavy atom. The van der Waals surface area contributed by atoms with Gasteiger partial charge in [0.05, 0.1) is 0 Å². The molecule has 0 spiro atoms. The molecule has 1 aromatic carbocycles. The molecule has 0 heterocycles. The van der Waals surface area contributed by atoms with Gasteiger partial charge in [-0.05, 0) is 19.5 Å². The lowest BCUT2D eigenvalue weighted by Crippen LogP contribution is -2.32. The van der Waals surface area contributed by atoms with Crippen LogP contribution in [0.1, 0.15) is 37.6 Å². The van der Waals surface area contributed by atoms with Crippen molar-refractivity contribution in [3.05, 3.63) is 35.9 Å². The maximum atomic E-state index is 12.2. The van der Waals surface area contributed by atoms with Crippen LogP contribution < -0.4 is 0 Å². The van der Waals surface area contributed by atoms with Crippen molar-refractivity contribution >= 4 is 5.78 Å². The van der Waals surface area contributed by atoms with Gasteiger partial charge in [0, 0.05) is 18.0 Å². The molecule has 1 unspecified atom stereocenters. The van der Waals surface area contributed by atoms with Crippen LogP contribution in [0.5, 0.6) is 0 Å². The molecule has 0 radical (unpaired) electrons. The molecule has 0 aliphatic carbocycles. The van der Waals surface area contributed by atoms with E-state index in [-0.39, 0.29) is 11.7 Å². The van der Waals surface area contributed by atoms with Gasteiger partial charge < -0.3 is 4.90 Å². The van der Waals surface area contributed by atoms with Gasteiger partial charge in [0.25, 0.3) is 0 Å². The molecule has 0 fully saturated rings. The Bertz CT molecular complexity index is 334. The van der Waals surface area contributed by atoms with Gasteiger partial charge in [-0.15, -0.1) is 0 Å². The first-order chi connectivity index (χ1) is 8.19. The van der Waals surface area contributed by atoms with Gasteiger partial charge in [0.1, 0.15) is 0 Å². The van der Waals surface area contributed by atoms with Gasteiger partial charge in [-0.3, -0.25) is 4.79 Å². The van der Waals surface area contributed by atoms with Crippen molar-refractivity contribution in [1.29, 1.82) is 0 Å². The maximum Gasteiger partial charge on any atom is 0.166 e. The number of rotatable bonds is 7. The second-order valence-corrected chi connectivity index (χ2v) is 4.52. The van der Waals surface area contributed by atoms with E-state index in [2.05, 4.69) is 18.7 Å². The standard InChI is InChI=1S/C15H23NO/c1-4-11-16(5-2)12-13(3)15(17)14-9-7-6-8-10-14/h6-10,13H,4-5,11-12H2,1-3H3. The van der Waals surface area contributed by atoms with Gasteiger partial charge in [-0.25, -0.2) is 0 Å². The average Bonchev–Trinajstić information content (AvgIpc) is 2.38. The Morgan fingerprint density at radius 3 is 2.41 bits per heavy atom. The third-order valence-corrected chi connectivity index (χ3v) is 3.02. The number of benzene rings is 1. The van der Waals surface area contributed by atoms with Crippen molar-refractivity contribution in [3.8, 4) is 0 Å². The quantitative estimate of drug-likeness (QED) is 0.674. The number of nitrogens with zero attached hydrogens (tertiary/aromatic N) is 1. The van der Waals surface area contributed by atoms with E-state index in [9.17, 15) is 4.79 Å². The van der Waals surface area contributed by atoms with Gasteiger partial charge in [-0.1, -0.05) is 51.1 Å². The fourth-order valence-corrected chi connectivity index (χ4v) is 2.05. The predicted octanol–water partition coefficient (Wildman–Crippen LogP) is 3.24. The second kappa shape index (κ2) is 7.23. The molecule has 2 nitrogen and oxygen atoms in total. The highest BCUT2D eigenvalue weighted by molar-refractivity contribution is 5.97. The third-order valence-electron chi connectivity index (χ3n) is 3.02. The minimum Gasteiger partial charge on any atom is -0.303 e. The summed E-state index contributed by atoms with van der Waals surface area (Å²) in [6, 6.07) is 9.58. The molecule has 1 atom stereocenters. The molecular weight excluding hydrogens is 210 g/mol. The lowest BCUT2D eigenvalue weighted by molar-refractivity contribution is 0.0896. The minimum absolute atomic E-state index is 0.0731. The normalized spacial score (nSPS) is 12.7. The van der Waals surface area contributed by atoms with Gasteiger partial charge in [-0.2, -0.15) is 0 Å². The highest BCUT2D eigenvalue weighted by Crippen LogP contribution is 2.10. The predicted molar refractivity (Wildman–Crippen MR) is 72.3 cm³/mol. The fourth-order valence-electron chi connectivity index (χ4n) is 2.05. The monoisotopic (exact) mass is 233 g/mol. The molecule has 0 N–H and O–H groups in total. The number of ketones is 1. The van der Waals surface area contributed by atoms with E-state index < -0.39 is 0 Å². The Labute approximate surface area is 105 Å². The molecule has 2 heteroatoms. The highest BCUT2D eigenvalue weighted by atomic mass is 16.1. The summed E-state index contributed by atoms with van der Waals surface area (Å²) in [6.07, 6.45) is 1.14. The van der Waals surface area contributed by atoms with E-state index in [1.807, 2.05) is 37.3 Å². The van der Waals surface area contributed by atoms with E-state index in [0.29, 0.717) is 0 Å². The average molecular weight is 233 g/mol. The molecular formula is C15H23NO. The van der Waals surface area contributed by atoms with E-state index >= 15 is 0 Å². The van der Waals surface area contributed by atoms with Crippen LogP contribution >= 0.6 is 0 Å². The Kier molecular flexibility index (Phi) is 5.92. The summed E-state index contributed by atoms with van der Waals surface area (Å²) in [6.45, 7) is 9.29. The topological polar surface area (TPSA) is 20.3 Å². The molecule has 0 aliphatic heterocycles. The van der Waals surface area contributed by atoms with E-state index in [4.69, 9.17) is 0 Å². The van der Waals surface area contributed by atoms with Crippen LogP contribution in [0, 0.1) is 5.92 Å². The second-order valence-electron chi connectivity index (χ2n) is 4.52. The molecule has 0 saturated carbocycles. The zero-order valence-electron chi connectivity index (χ0n) is 11.1. The van der Waals surface area contributed by atoms with Crippen molar-refractivity contribution in [2.45, 2.75) is 27.2 Å². The summed E-state index contributed by atoms with van der Waals surface area (Å²) in [5.41, 5.74) is 0.826. The number of hydrogen-bond acceptors (Lipinski definition) is 2. The van der Waals surface area contributed by atoms with Gasteiger partial charge >= 0.3 is 0 Å². The maximum absolute atomic E-state index is 12.2. The van der Waals surface area contributed by atoms with Crippen molar-refractivity contribution in [2.75, 3.05) is 19.6 Å². The molecule has 0 aliphatic rings. The van der Waals surface area contributed by atoms with Crippen LogP contribution in [0.4, 0.5) is 0 Å². The Morgan fingerprint density at radius 1 is 1.24 bits per heavy atom. The molecule has 1 rings (SSSR count). The largest absolute Gasteiger partial charge is 0.303 e. The summed E-state index contributed by atoms with van der Waals surface area (Å²) < 4.78 is 0. The lowest BCUT2D eigenvalue weighted by Gasteiger charge is -2.23. The van der Waals surface area contributed by atoms with E-state index in [1.54, 1.807) is 0 Å². The molecule has 94 valence electrons. The zero-order valence-corrected chi connectivity index (χ0v) is 11.1. The molecule has 0 saturated heterocycles. The van der Waals surface area contributed by atoms with Crippen LogP contribution in [0.3, 0.4) is 0 Å². The molecule has 1 aromatic rings. The van der Waals surface area contributed by atoms with Crippen LogP contribution in [-0.2, 0) is 0 Å². The first kappa shape index (κ1) is 13.9. The minimum atomic E-state index is 0.0731. The number of hydrogen-bond donors (Lipinski definition) is 0. The van der Waals surface area contributed by atoms with Crippen molar-refractivity contribution in [1.82, 2.24) is 4.90 Å². The van der Waals surface area contributed by atoms with Crippen molar-refractivity contribution in [2.24, 2.45) is 5.92 Å². The fraction of sp³-hybridized carbons (Fsp3) is 0.533. The SMILES string of the molecule is CCCN(CC)CC(C)C(=O)c1ccccc1. The first-order valence-electron chi connectivity index (χ1n) is 6.50. The molecule has 0 aromatic heterocycles. The van der Waals surface area contributed by atoms with Gasteiger partial charge in [0.15, 0.2) is 5.78 Å².